The van der Waals surface area contributed by atoms with Crippen LogP contribution in [0.2, 0.25) is 0 Å². The molecule has 0 saturated heterocycles. The Bertz CT molecular complexity index is 690. The van der Waals surface area contributed by atoms with Crippen LogP contribution in [-0.4, -0.2) is 9.78 Å². The van der Waals surface area contributed by atoms with Crippen molar-refractivity contribution in [2.45, 2.75) is 20.0 Å². The molecule has 0 saturated carbocycles. The molecule has 0 fully saturated rings. The predicted molar refractivity (Wildman–Crippen MR) is 86.7 cm³/mol. The van der Waals surface area contributed by atoms with Crippen LogP contribution < -0.4 is 5.73 Å². The molecule has 106 valence electrons. The van der Waals surface area contributed by atoms with Gasteiger partial charge in [0.25, 0.3) is 0 Å². The monoisotopic (exact) mass is 277 g/mol. The molecule has 0 radical (unpaired) electrons. The van der Waals surface area contributed by atoms with Gasteiger partial charge < -0.3 is 5.73 Å². The van der Waals surface area contributed by atoms with Crippen LogP contribution in [0.25, 0.3) is 22.4 Å². The van der Waals surface area contributed by atoms with E-state index in [1.165, 1.54) is 11.1 Å². The summed E-state index contributed by atoms with van der Waals surface area (Å²) < 4.78 is 1.96. The highest BCUT2D eigenvalue weighted by molar-refractivity contribution is 5.68. The third kappa shape index (κ3) is 2.73. The fraction of sp³-hybridized carbons (Fsp3) is 0.167. The van der Waals surface area contributed by atoms with Crippen LogP contribution in [0.5, 0.6) is 0 Å². The van der Waals surface area contributed by atoms with Gasteiger partial charge in [0.05, 0.1) is 11.4 Å². The lowest BCUT2D eigenvalue weighted by molar-refractivity contribution is 0.624. The SMILES string of the molecule is CCn1nc(-c2ccc(-c3ccccc3)cc2)cc1CN. The molecule has 0 aliphatic heterocycles. The summed E-state index contributed by atoms with van der Waals surface area (Å²) in [5.74, 6) is 0. The van der Waals surface area contributed by atoms with Crippen LogP contribution in [0.3, 0.4) is 0 Å². The van der Waals surface area contributed by atoms with Gasteiger partial charge >= 0.3 is 0 Å². The molecule has 0 aliphatic rings. The Morgan fingerprint density at radius 1 is 0.905 bits per heavy atom. The second-order valence-electron chi connectivity index (χ2n) is 4.98. The van der Waals surface area contributed by atoms with Gasteiger partial charge in [0.2, 0.25) is 0 Å². The summed E-state index contributed by atoms with van der Waals surface area (Å²) in [6.45, 7) is 3.44. The van der Waals surface area contributed by atoms with Gasteiger partial charge in [-0.05, 0) is 24.1 Å². The van der Waals surface area contributed by atoms with Crippen molar-refractivity contribution in [2.75, 3.05) is 0 Å². The normalized spacial score (nSPS) is 10.8. The quantitative estimate of drug-likeness (QED) is 0.790. The predicted octanol–water partition coefficient (Wildman–Crippen LogP) is 3.70. The van der Waals surface area contributed by atoms with E-state index >= 15 is 0 Å². The van der Waals surface area contributed by atoms with Gasteiger partial charge in [-0.2, -0.15) is 5.10 Å². The van der Waals surface area contributed by atoms with Gasteiger partial charge in [0, 0.05) is 18.7 Å². The summed E-state index contributed by atoms with van der Waals surface area (Å²) in [5.41, 5.74) is 11.4. The van der Waals surface area contributed by atoms with Crippen LogP contribution in [0.1, 0.15) is 12.6 Å². The Hall–Kier alpha value is -2.39. The summed E-state index contributed by atoms with van der Waals surface area (Å²) in [4.78, 5) is 0. The maximum atomic E-state index is 5.76. The van der Waals surface area contributed by atoms with Gasteiger partial charge in [-0.1, -0.05) is 54.6 Å². The van der Waals surface area contributed by atoms with Gasteiger partial charge in [-0.15, -0.1) is 0 Å². The second-order valence-corrected chi connectivity index (χ2v) is 4.98. The molecule has 21 heavy (non-hydrogen) atoms. The number of hydrogen-bond donors (Lipinski definition) is 1. The van der Waals surface area contributed by atoms with Crippen molar-refractivity contribution in [1.82, 2.24) is 9.78 Å². The Morgan fingerprint density at radius 2 is 1.52 bits per heavy atom. The molecular weight excluding hydrogens is 258 g/mol. The van der Waals surface area contributed by atoms with E-state index in [2.05, 4.69) is 66.6 Å². The van der Waals surface area contributed by atoms with E-state index in [9.17, 15) is 0 Å². The first-order chi connectivity index (χ1) is 10.3. The molecule has 0 aliphatic carbocycles. The smallest absolute Gasteiger partial charge is 0.0926 e. The summed E-state index contributed by atoms with van der Waals surface area (Å²) >= 11 is 0. The maximum Gasteiger partial charge on any atom is 0.0926 e. The zero-order valence-corrected chi connectivity index (χ0v) is 12.2. The highest BCUT2D eigenvalue weighted by Gasteiger charge is 2.07. The first-order valence-electron chi connectivity index (χ1n) is 7.24. The summed E-state index contributed by atoms with van der Waals surface area (Å²) in [6.07, 6.45) is 0. The topological polar surface area (TPSA) is 43.8 Å². The minimum absolute atomic E-state index is 0.517. The zero-order valence-electron chi connectivity index (χ0n) is 12.2. The lowest BCUT2D eigenvalue weighted by atomic mass is 10.0. The number of aryl methyl sites for hydroxylation is 1. The van der Waals surface area contributed by atoms with Crippen molar-refractivity contribution in [3.05, 3.63) is 66.4 Å². The molecule has 0 amide bonds. The molecule has 3 aromatic rings. The van der Waals surface area contributed by atoms with E-state index in [1.54, 1.807) is 0 Å². The summed E-state index contributed by atoms with van der Waals surface area (Å²) in [7, 11) is 0. The molecule has 1 heterocycles. The molecule has 3 nitrogen and oxygen atoms in total. The highest BCUT2D eigenvalue weighted by Crippen LogP contribution is 2.24. The molecule has 0 atom stereocenters. The minimum Gasteiger partial charge on any atom is -0.325 e. The fourth-order valence-electron chi connectivity index (χ4n) is 2.50. The first kappa shape index (κ1) is 13.6. The van der Waals surface area contributed by atoms with Gasteiger partial charge in [-0.25, -0.2) is 0 Å². The standard InChI is InChI=1S/C18H19N3/c1-2-21-17(13-19)12-18(20-21)16-10-8-15(9-11-16)14-6-4-3-5-7-14/h3-12H,2,13,19H2,1H3. The van der Waals surface area contributed by atoms with E-state index < -0.39 is 0 Å². The average Bonchev–Trinajstić information content (AvgIpc) is 2.99. The Labute approximate surface area is 125 Å². The van der Waals surface area contributed by atoms with E-state index in [0.717, 1.165) is 23.5 Å². The highest BCUT2D eigenvalue weighted by atomic mass is 15.3. The number of benzene rings is 2. The average molecular weight is 277 g/mol. The van der Waals surface area contributed by atoms with Gasteiger partial charge in [-0.3, -0.25) is 4.68 Å². The molecule has 0 spiro atoms. The van der Waals surface area contributed by atoms with E-state index in [1.807, 2.05) is 10.7 Å². The molecule has 0 unspecified atom stereocenters. The summed E-state index contributed by atoms with van der Waals surface area (Å²) in [6, 6.07) is 21.0. The molecular formula is C18H19N3. The second kappa shape index (κ2) is 5.94. The van der Waals surface area contributed by atoms with Crippen molar-refractivity contribution >= 4 is 0 Å². The van der Waals surface area contributed by atoms with Crippen LogP contribution in [0.4, 0.5) is 0 Å². The van der Waals surface area contributed by atoms with Crippen LogP contribution in [-0.2, 0) is 13.1 Å². The third-order valence-electron chi connectivity index (χ3n) is 3.66. The molecule has 0 bridgehead atoms. The molecule has 1 aromatic heterocycles. The first-order valence-corrected chi connectivity index (χ1v) is 7.24. The Kier molecular flexibility index (Phi) is 3.84. The lowest BCUT2D eigenvalue weighted by Crippen LogP contribution is -2.06. The van der Waals surface area contributed by atoms with Crippen molar-refractivity contribution in [3.63, 3.8) is 0 Å². The minimum atomic E-state index is 0.517. The number of nitrogens with zero attached hydrogens (tertiary/aromatic N) is 2. The van der Waals surface area contributed by atoms with Crippen molar-refractivity contribution < 1.29 is 0 Å². The van der Waals surface area contributed by atoms with Crippen LogP contribution in [0, 0.1) is 0 Å². The van der Waals surface area contributed by atoms with E-state index in [4.69, 9.17) is 5.73 Å². The Morgan fingerprint density at radius 3 is 2.10 bits per heavy atom. The number of hydrogen-bond acceptors (Lipinski definition) is 2. The summed E-state index contributed by atoms with van der Waals surface area (Å²) in [5, 5.41) is 4.61. The van der Waals surface area contributed by atoms with Gasteiger partial charge in [0.1, 0.15) is 0 Å². The Balaban J connectivity index is 1.92. The molecule has 2 N–H and O–H groups in total. The van der Waals surface area contributed by atoms with Crippen LogP contribution >= 0.6 is 0 Å². The van der Waals surface area contributed by atoms with Gasteiger partial charge in [0.15, 0.2) is 0 Å². The van der Waals surface area contributed by atoms with Crippen LogP contribution in [0.15, 0.2) is 60.7 Å². The number of nitrogens with two attached hydrogens (primary N) is 1. The molecule has 3 rings (SSSR count). The molecule has 2 aromatic carbocycles. The fourth-order valence-corrected chi connectivity index (χ4v) is 2.50. The third-order valence-corrected chi connectivity index (χ3v) is 3.66. The molecule has 3 heteroatoms. The zero-order chi connectivity index (χ0) is 14.7. The van der Waals surface area contributed by atoms with E-state index in [0.29, 0.717) is 6.54 Å². The largest absolute Gasteiger partial charge is 0.325 e. The maximum absolute atomic E-state index is 5.76. The number of rotatable bonds is 4. The van der Waals surface area contributed by atoms with Crippen molar-refractivity contribution in [2.24, 2.45) is 5.73 Å². The van der Waals surface area contributed by atoms with Crippen molar-refractivity contribution in [3.8, 4) is 22.4 Å². The van der Waals surface area contributed by atoms with E-state index in [-0.39, 0.29) is 0 Å². The van der Waals surface area contributed by atoms with Crippen molar-refractivity contribution in [1.29, 1.82) is 0 Å². The number of aromatic nitrogens is 2. The lowest BCUT2D eigenvalue weighted by Gasteiger charge is -2.03.